The molecule has 1 fully saturated rings. The zero-order valence-corrected chi connectivity index (χ0v) is 16.8. The van der Waals surface area contributed by atoms with E-state index < -0.39 is 0 Å². The Balaban J connectivity index is 0.00000261. The molecule has 2 N–H and O–H groups in total. The topological polar surface area (TPSA) is 70.7 Å². The van der Waals surface area contributed by atoms with Crippen molar-refractivity contribution in [2.45, 2.75) is 32.1 Å². The van der Waals surface area contributed by atoms with E-state index in [0.29, 0.717) is 31.0 Å². The molecule has 1 aromatic carbocycles. The molecule has 0 unspecified atom stereocenters. The molecule has 1 spiro atoms. The number of para-hydroxylation sites is 1. The molecular weight excluding hydrogens is 366 g/mol. The number of hydrogen-bond acceptors (Lipinski definition) is 4. The van der Waals surface area contributed by atoms with Crippen molar-refractivity contribution >= 4 is 24.2 Å². The lowest BCUT2D eigenvalue weighted by atomic mass is 9.73. The maximum absolute atomic E-state index is 13.2. The number of nitrogens with one attached hydrogen (secondary N) is 2. The van der Waals surface area contributed by atoms with Crippen molar-refractivity contribution in [1.82, 2.24) is 15.5 Å². The van der Waals surface area contributed by atoms with Gasteiger partial charge in [-0.25, -0.2) is 0 Å². The van der Waals surface area contributed by atoms with Crippen molar-refractivity contribution in [2.75, 3.05) is 39.8 Å². The Labute approximate surface area is 167 Å². The number of halogens is 1. The van der Waals surface area contributed by atoms with Gasteiger partial charge in [-0.05, 0) is 50.9 Å². The van der Waals surface area contributed by atoms with Crippen LogP contribution in [0.3, 0.4) is 0 Å². The van der Waals surface area contributed by atoms with Gasteiger partial charge in [0, 0.05) is 13.6 Å². The van der Waals surface area contributed by atoms with Crippen LogP contribution in [0.2, 0.25) is 0 Å². The van der Waals surface area contributed by atoms with E-state index in [2.05, 4.69) is 10.6 Å². The Morgan fingerprint density at radius 1 is 1.04 bits per heavy atom. The number of carbonyl (C=O) groups is 2. The molecule has 2 amide bonds. The summed E-state index contributed by atoms with van der Waals surface area (Å²) < 4.78 is 5.83. The fourth-order valence-corrected chi connectivity index (χ4v) is 3.94. The molecule has 2 aliphatic rings. The summed E-state index contributed by atoms with van der Waals surface area (Å²) in [4.78, 5) is 27.4. The molecule has 2 heterocycles. The third-order valence-corrected chi connectivity index (χ3v) is 5.54. The minimum absolute atomic E-state index is 0. The highest BCUT2D eigenvalue weighted by molar-refractivity contribution is 5.96. The Morgan fingerprint density at radius 2 is 1.78 bits per heavy atom. The Kier molecular flexibility index (Phi) is 7.92. The van der Waals surface area contributed by atoms with Gasteiger partial charge in [0.15, 0.2) is 0 Å². The molecule has 6 nitrogen and oxygen atoms in total. The highest BCUT2D eigenvalue weighted by Crippen LogP contribution is 2.36. The van der Waals surface area contributed by atoms with Gasteiger partial charge >= 0.3 is 0 Å². The number of ether oxygens (including phenoxy) is 1. The molecule has 0 bridgehead atoms. The summed E-state index contributed by atoms with van der Waals surface area (Å²) in [5, 5.41) is 6.34. The van der Waals surface area contributed by atoms with Gasteiger partial charge in [-0.2, -0.15) is 0 Å². The summed E-state index contributed by atoms with van der Waals surface area (Å²) in [6.45, 7) is 3.29. The maximum Gasteiger partial charge on any atom is 0.255 e. The van der Waals surface area contributed by atoms with Crippen LogP contribution in [0.1, 0.15) is 42.5 Å². The van der Waals surface area contributed by atoms with Crippen molar-refractivity contribution in [3.63, 3.8) is 0 Å². The zero-order chi connectivity index (χ0) is 18.4. The van der Waals surface area contributed by atoms with Crippen LogP contribution < -0.4 is 15.4 Å². The monoisotopic (exact) mass is 395 g/mol. The Bertz CT molecular complexity index is 647. The largest absolute Gasteiger partial charge is 0.491 e. The van der Waals surface area contributed by atoms with E-state index in [-0.39, 0.29) is 29.6 Å². The number of rotatable bonds is 0. The molecule has 3 rings (SSSR count). The van der Waals surface area contributed by atoms with Gasteiger partial charge in [-0.15, -0.1) is 12.4 Å². The smallest absolute Gasteiger partial charge is 0.255 e. The van der Waals surface area contributed by atoms with Crippen LogP contribution in [0, 0.1) is 5.41 Å². The molecule has 0 atom stereocenters. The molecule has 0 aromatic heterocycles. The zero-order valence-electron chi connectivity index (χ0n) is 16.0. The average Bonchev–Trinajstić information content (AvgIpc) is 2.67. The van der Waals surface area contributed by atoms with Crippen molar-refractivity contribution in [1.29, 1.82) is 0 Å². The summed E-state index contributed by atoms with van der Waals surface area (Å²) in [7, 11) is 1.86. The van der Waals surface area contributed by atoms with Crippen LogP contribution in [-0.2, 0) is 4.79 Å². The second-order valence-corrected chi connectivity index (χ2v) is 7.31. The lowest BCUT2D eigenvalue weighted by Crippen LogP contribution is -2.49. The molecule has 1 saturated heterocycles. The number of hydrogen-bond donors (Lipinski definition) is 2. The molecule has 27 heavy (non-hydrogen) atoms. The van der Waals surface area contributed by atoms with Crippen LogP contribution >= 0.6 is 12.4 Å². The number of piperidine rings is 1. The summed E-state index contributed by atoms with van der Waals surface area (Å²) >= 11 is 0. The van der Waals surface area contributed by atoms with Gasteiger partial charge in [0.2, 0.25) is 5.91 Å². The molecule has 7 heteroatoms. The first kappa shape index (κ1) is 21.5. The number of likely N-dealkylation sites (N-methyl/N-ethyl adjacent to an activating group) is 1. The highest BCUT2D eigenvalue weighted by atomic mass is 35.5. The van der Waals surface area contributed by atoms with Gasteiger partial charge in [0.1, 0.15) is 12.4 Å². The van der Waals surface area contributed by atoms with E-state index in [1.807, 2.05) is 19.2 Å². The number of fused-ring (bicyclic) bond motifs is 1. The maximum atomic E-state index is 13.2. The second kappa shape index (κ2) is 9.95. The van der Waals surface area contributed by atoms with E-state index in [0.717, 1.165) is 45.2 Å². The lowest BCUT2D eigenvalue weighted by molar-refractivity contribution is -0.143. The van der Waals surface area contributed by atoms with Crippen LogP contribution in [-0.4, -0.2) is 56.5 Å². The van der Waals surface area contributed by atoms with Gasteiger partial charge < -0.3 is 20.3 Å². The summed E-state index contributed by atoms with van der Waals surface area (Å²) in [6.07, 6.45) is 4.46. The highest BCUT2D eigenvalue weighted by Gasteiger charge is 2.40. The Morgan fingerprint density at radius 3 is 2.56 bits per heavy atom. The quantitative estimate of drug-likeness (QED) is 0.706. The molecule has 2 aliphatic heterocycles. The summed E-state index contributed by atoms with van der Waals surface area (Å²) in [6, 6.07) is 7.27. The first-order valence-electron chi connectivity index (χ1n) is 9.59. The first-order chi connectivity index (χ1) is 12.6. The SMILES string of the molecule is CN1CCOc2ccccc2C(=O)NCCCCC2(CCNCC2)C1=O.Cl. The predicted octanol–water partition coefficient (Wildman–Crippen LogP) is 2.23. The van der Waals surface area contributed by atoms with Crippen molar-refractivity contribution in [2.24, 2.45) is 5.41 Å². The molecular formula is C20H30ClN3O3. The fraction of sp³-hybridized carbons (Fsp3) is 0.600. The van der Waals surface area contributed by atoms with Crippen LogP contribution in [0.5, 0.6) is 5.75 Å². The van der Waals surface area contributed by atoms with E-state index in [4.69, 9.17) is 4.74 Å². The van der Waals surface area contributed by atoms with Gasteiger partial charge in [-0.1, -0.05) is 18.6 Å². The Hall–Kier alpha value is -1.79. The molecule has 0 saturated carbocycles. The standard InChI is InChI=1S/C20H29N3O3.ClH/c1-23-14-15-26-17-7-3-2-6-16(17)18(24)22-11-5-4-8-20(19(23)25)9-12-21-13-10-20;/h2-3,6-7,21H,4-5,8-15H2,1H3,(H,22,24);1H. The van der Waals surface area contributed by atoms with Crippen molar-refractivity contribution in [3.05, 3.63) is 29.8 Å². The number of benzene rings is 1. The first-order valence-corrected chi connectivity index (χ1v) is 9.59. The average molecular weight is 396 g/mol. The van der Waals surface area contributed by atoms with E-state index >= 15 is 0 Å². The van der Waals surface area contributed by atoms with Crippen molar-refractivity contribution in [3.8, 4) is 5.75 Å². The fourth-order valence-electron chi connectivity index (χ4n) is 3.94. The van der Waals surface area contributed by atoms with Crippen LogP contribution in [0.4, 0.5) is 0 Å². The normalized spacial score (nSPS) is 21.3. The van der Waals surface area contributed by atoms with Crippen molar-refractivity contribution < 1.29 is 14.3 Å². The minimum atomic E-state index is -0.272. The van der Waals surface area contributed by atoms with Crippen LogP contribution in [0.15, 0.2) is 24.3 Å². The predicted molar refractivity (Wildman–Crippen MR) is 108 cm³/mol. The van der Waals surface area contributed by atoms with E-state index in [1.54, 1.807) is 17.0 Å². The second-order valence-electron chi connectivity index (χ2n) is 7.31. The van der Waals surface area contributed by atoms with Gasteiger partial charge in [-0.3, -0.25) is 9.59 Å². The summed E-state index contributed by atoms with van der Waals surface area (Å²) in [5.74, 6) is 0.704. The minimum Gasteiger partial charge on any atom is -0.491 e. The summed E-state index contributed by atoms with van der Waals surface area (Å²) in [5.41, 5.74) is 0.278. The molecule has 150 valence electrons. The number of carbonyl (C=O) groups excluding carboxylic acids is 2. The molecule has 1 aromatic rings. The van der Waals surface area contributed by atoms with E-state index in [1.165, 1.54) is 0 Å². The van der Waals surface area contributed by atoms with Gasteiger partial charge in [0.25, 0.3) is 5.91 Å². The lowest BCUT2D eigenvalue weighted by Gasteiger charge is -2.39. The van der Waals surface area contributed by atoms with Gasteiger partial charge in [0.05, 0.1) is 17.5 Å². The van der Waals surface area contributed by atoms with Crippen LogP contribution in [0.25, 0.3) is 0 Å². The van der Waals surface area contributed by atoms with E-state index in [9.17, 15) is 9.59 Å². The third kappa shape index (κ3) is 5.14. The number of amides is 2. The number of nitrogens with zero attached hydrogens (tertiary/aromatic N) is 1. The molecule has 0 radical (unpaired) electrons. The molecule has 0 aliphatic carbocycles. The third-order valence-electron chi connectivity index (χ3n) is 5.54.